The maximum Gasteiger partial charge on any atom is -0.0200 e. The van der Waals surface area contributed by atoms with Gasteiger partial charge >= 0.3 is 0 Å². The number of hydrogen-bond donors (Lipinski definition) is 0. The van der Waals surface area contributed by atoms with Crippen LogP contribution in [-0.4, -0.2) is 0 Å². The van der Waals surface area contributed by atoms with Crippen LogP contribution in [0.15, 0.2) is 36.0 Å². The third-order valence-electron chi connectivity index (χ3n) is 7.02. The van der Waals surface area contributed by atoms with Gasteiger partial charge in [0, 0.05) is 0 Å². The molecule has 0 aromatic rings. The van der Waals surface area contributed by atoms with E-state index in [1.54, 1.807) is 11.1 Å². The molecule has 0 nitrogen and oxygen atoms in total. The van der Waals surface area contributed by atoms with E-state index < -0.39 is 0 Å². The molecule has 0 atom stereocenters. The van der Waals surface area contributed by atoms with Gasteiger partial charge in [-0.2, -0.15) is 0 Å². The van der Waals surface area contributed by atoms with Crippen molar-refractivity contribution in [2.24, 2.45) is 23.7 Å². The van der Waals surface area contributed by atoms with Crippen LogP contribution in [-0.2, 0) is 0 Å². The van der Waals surface area contributed by atoms with Gasteiger partial charge < -0.3 is 0 Å². The van der Waals surface area contributed by atoms with Gasteiger partial charge in [0.15, 0.2) is 0 Å². The Labute approximate surface area is 144 Å². The number of allylic oxidation sites excluding steroid dienone is 5. The first-order valence-corrected chi connectivity index (χ1v) is 10.2. The lowest BCUT2D eigenvalue weighted by molar-refractivity contribution is 0.150. The Morgan fingerprint density at radius 1 is 0.913 bits per heavy atom. The van der Waals surface area contributed by atoms with Crippen molar-refractivity contribution in [2.75, 3.05) is 0 Å². The third-order valence-corrected chi connectivity index (χ3v) is 7.02. The molecule has 0 unspecified atom stereocenters. The topological polar surface area (TPSA) is 0 Å². The van der Waals surface area contributed by atoms with Crippen molar-refractivity contribution in [3.05, 3.63) is 36.0 Å². The molecular formula is C23H36. The molecule has 2 fully saturated rings. The summed E-state index contributed by atoms with van der Waals surface area (Å²) in [6, 6.07) is 0. The largest absolute Gasteiger partial charge is 0.103 e. The second-order valence-corrected chi connectivity index (χ2v) is 8.51. The van der Waals surface area contributed by atoms with Crippen molar-refractivity contribution in [2.45, 2.75) is 84.0 Å². The summed E-state index contributed by atoms with van der Waals surface area (Å²) >= 11 is 0. The van der Waals surface area contributed by atoms with E-state index in [0.29, 0.717) is 0 Å². The lowest BCUT2D eigenvalue weighted by Crippen LogP contribution is -2.26. The molecule has 0 radical (unpaired) electrons. The zero-order chi connectivity index (χ0) is 16.1. The van der Waals surface area contributed by atoms with Crippen LogP contribution in [0.1, 0.15) is 84.0 Å². The minimum atomic E-state index is 0.916. The van der Waals surface area contributed by atoms with Crippen LogP contribution in [0, 0.1) is 23.7 Å². The molecule has 3 aliphatic carbocycles. The summed E-state index contributed by atoms with van der Waals surface area (Å²) in [6.45, 7) is 6.15. The smallest absolute Gasteiger partial charge is 0.0200 e. The van der Waals surface area contributed by atoms with E-state index in [0.717, 1.165) is 23.7 Å². The first-order valence-electron chi connectivity index (χ1n) is 10.2. The third kappa shape index (κ3) is 4.61. The summed E-state index contributed by atoms with van der Waals surface area (Å²) in [4.78, 5) is 0. The maximum absolute atomic E-state index is 3.88. The molecule has 128 valence electrons. The Bertz CT molecular complexity index is 437. The van der Waals surface area contributed by atoms with Crippen LogP contribution >= 0.6 is 0 Å². The Morgan fingerprint density at radius 2 is 1.57 bits per heavy atom. The molecule has 0 aliphatic heterocycles. The molecule has 0 aromatic heterocycles. The van der Waals surface area contributed by atoms with Crippen molar-refractivity contribution < 1.29 is 0 Å². The molecule has 0 bridgehead atoms. The fourth-order valence-corrected chi connectivity index (χ4v) is 5.36. The number of rotatable bonds is 5. The number of hydrogen-bond acceptors (Lipinski definition) is 0. The fourth-order valence-electron chi connectivity index (χ4n) is 5.36. The first-order chi connectivity index (χ1) is 11.3. The lowest BCUT2D eigenvalue weighted by Gasteiger charge is -2.38. The summed E-state index contributed by atoms with van der Waals surface area (Å²) in [7, 11) is 0. The zero-order valence-corrected chi connectivity index (χ0v) is 15.2. The second-order valence-electron chi connectivity index (χ2n) is 8.51. The summed E-state index contributed by atoms with van der Waals surface area (Å²) < 4.78 is 0. The Kier molecular flexibility index (Phi) is 6.20. The fraction of sp³-hybridized carbons (Fsp3) is 0.739. The summed E-state index contributed by atoms with van der Waals surface area (Å²) in [6.07, 6.45) is 24.2. The SMILES string of the molecule is C=CCCC1CCC(C2CCC(C3=CC=C(C)CC3)CC2)CC1. The summed E-state index contributed by atoms with van der Waals surface area (Å²) in [5, 5.41) is 0. The highest BCUT2D eigenvalue weighted by atomic mass is 14.4. The molecule has 0 amide bonds. The molecule has 0 N–H and O–H groups in total. The van der Waals surface area contributed by atoms with E-state index in [-0.39, 0.29) is 0 Å². The standard InChI is InChI=1S/C23H36/c1-3-4-5-19-8-12-21(13-9-19)23-16-14-22(15-17-23)20-10-6-18(2)7-11-20/h3,6,10,19,21-23H,1,4-5,7-9,11-17H2,2H3. The quantitative estimate of drug-likeness (QED) is 0.470. The Balaban J connectivity index is 1.42. The van der Waals surface area contributed by atoms with Gasteiger partial charge in [-0.15, -0.1) is 6.58 Å². The zero-order valence-electron chi connectivity index (χ0n) is 15.2. The monoisotopic (exact) mass is 312 g/mol. The van der Waals surface area contributed by atoms with Crippen LogP contribution in [0.2, 0.25) is 0 Å². The average molecular weight is 313 g/mol. The Hall–Kier alpha value is -0.780. The highest BCUT2D eigenvalue weighted by Gasteiger charge is 2.31. The van der Waals surface area contributed by atoms with Gasteiger partial charge in [0.2, 0.25) is 0 Å². The van der Waals surface area contributed by atoms with Gasteiger partial charge in [-0.1, -0.05) is 42.2 Å². The van der Waals surface area contributed by atoms with Crippen LogP contribution in [0.4, 0.5) is 0 Å². The predicted octanol–water partition coefficient (Wildman–Crippen LogP) is 7.23. The van der Waals surface area contributed by atoms with Crippen molar-refractivity contribution in [1.29, 1.82) is 0 Å². The molecule has 0 heteroatoms. The van der Waals surface area contributed by atoms with Crippen LogP contribution in [0.25, 0.3) is 0 Å². The lowest BCUT2D eigenvalue weighted by atomic mass is 9.67. The van der Waals surface area contributed by atoms with E-state index in [1.807, 2.05) is 0 Å². The van der Waals surface area contributed by atoms with Crippen LogP contribution < -0.4 is 0 Å². The second kappa shape index (κ2) is 8.36. The van der Waals surface area contributed by atoms with Crippen molar-refractivity contribution >= 4 is 0 Å². The van der Waals surface area contributed by atoms with E-state index in [1.165, 1.54) is 77.0 Å². The molecule has 0 aromatic carbocycles. The van der Waals surface area contributed by atoms with Gasteiger partial charge in [0.1, 0.15) is 0 Å². The maximum atomic E-state index is 3.88. The van der Waals surface area contributed by atoms with Crippen molar-refractivity contribution in [3.63, 3.8) is 0 Å². The molecule has 23 heavy (non-hydrogen) atoms. The molecule has 0 spiro atoms. The minimum Gasteiger partial charge on any atom is -0.103 e. The van der Waals surface area contributed by atoms with E-state index in [9.17, 15) is 0 Å². The summed E-state index contributed by atoms with van der Waals surface area (Å²) in [5.74, 6) is 4.02. The van der Waals surface area contributed by atoms with Gasteiger partial charge in [-0.05, 0) is 94.8 Å². The van der Waals surface area contributed by atoms with Gasteiger partial charge in [0.25, 0.3) is 0 Å². The van der Waals surface area contributed by atoms with E-state index >= 15 is 0 Å². The molecule has 3 rings (SSSR count). The minimum absolute atomic E-state index is 0.916. The van der Waals surface area contributed by atoms with Crippen LogP contribution in [0.5, 0.6) is 0 Å². The highest BCUT2D eigenvalue weighted by molar-refractivity contribution is 5.24. The Morgan fingerprint density at radius 3 is 2.13 bits per heavy atom. The molecule has 3 aliphatic rings. The molecule has 0 saturated heterocycles. The normalized spacial score (nSPS) is 35.3. The van der Waals surface area contributed by atoms with Crippen molar-refractivity contribution in [3.8, 4) is 0 Å². The molecule has 2 saturated carbocycles. The predicted molar refractivity (Wildman–Crippen MR) is 101 cm³/mol. The van der Waals surface area contributed by atoms with Gasteiger partial charge in [-0.3, -0.25) is 0 Å². The summed E-state index contributed by atoms with van der Waals surface area (Å²) in [5.41, 5.74) is 3.33. The van der Waals surface area contributed by atoms with Crippen LogP contribution in [0.3, 0.4) is 0 Å². The van der Waals surface area contributed by atoms with E-state index in [4.69, 9.17) is 0 Å². The highest BCUT2D eigenvalue weighted by Crippen LogP contribution is 2.44. The van der Waals surface area contributed by atoms with Crippen molar-refractivity contribution in [1.82, 2.24) is 0 Å². The average Bonchev–Trinajstić information content (AvgIpc) is 2.61. The molecular weight excluding hydrogens is 276 g/mol. The van der Waals surface area contributed by atoms with E-state index in [2.05, 4.69) is 31.7 Å². The molecule has 0 heterocycles. The van der Waals surface area contributed by atoms with Gasteiger partial charge in [-0.25, -0.2) is 0 Å². The van der Waals surface area contributed by atoms with Gasteiger partial charge in [0.05, 0.1) is 0 Å². The first kappa shape index (κ1) is 17.1.